The molecule has 1 aliphatic rings. The summed E-state index contributed by atoms with van der Waals surface area (Å²) < 4.78 is 7.64. The van der Waals surface area contributed by atoms with E-state index in [1.54, 1.807) is 11.9 Å². The van der Waals surface area contributed by atoms with Crippen molar-refractivity contribution >= 4 is 6.09 Å². The van der Waals surface area contributed by atoms with E-state index in [-0.39, 0.29) is 6.09 Å². The highest BCUT2D eigenvalue weighted by molar-refractivity contribution is 5.67. The molecule has 0 bridgehead atoms. The van der Waals surface area contributed by atoms with Crippen LogP contribution in [-0.4, -0.2) is 46.3 Å². The number of hydrogen-bond acceptors (Lipinski definition) is 4. The van der Waals surface area contributed by atoms with Crippen molar-refractivity contribution in [1.82, 2.24) is 19.8 Å². The van der Waals surface area contributed by atoms with Gasteiger partial charge < -0.3 is 19.5 Å². The fraction of sp³-hybridized carbons (Fsp3) is 0.765. The highest BCUT2D eigenvalue weighted by Crippen LogP contribution is 2.35. The van der Waals surface area contributed by atoms with Gasteiger partial charge in [0, 0.05) is 32.4 Å². The van der Waals surface area contributed by atoms with Crippen molar-refractivity contribution in [2.45, 2.75) is 58.7 Å². The SMILES string of the molecule is CC(CNCc1cncn1C1CC1)CN(C)C(=O)OC(C)(C)C. The van der Waals surface area contributed by atoms with Gasteiger partial charge in [0.1, 0.15) is 5.60 Å². The van der Waals surface area contributed by atoms with Gasteiger partial charge in [0.05, 0.1) is 12.0 Å². The lowest BCUT2D eigenvalue weighted by atomic mass is 10.1. The molecule has 0 saturated heterocycles. The molecule has 130 valence electrons. The first-order valence-electron chi connectivity index (χ1n) is 8.42. The third-order valence-corrected chi connectivity index (χ3v) is 3.78. The molecular weight excluding hydrogens is 292 g/mol. The van der Waals surface area contributed by atoms with Gasteiger partial charge in [-0.25, -0.2) is 9.78 Å². The van der Waals surface area contributed by atoms with Crippen LogP contribution in [0.15, 0.2) is 12.5 Å². The number of rotatable bonds is 7. The second-order valence-corrected chi connectivity index (χ2v) is 7.62. The molecule has 23 heavy (non-hydrogen) atoms. The van der Waals surface area contributed by atoms with E-state index in [2.05, 4.69) is 21.8 Å². The van der Waals surface area contributed by atoms with E-state index in [1.807, 2.05) is 33.3 Å². The highest BCUT2D eigenvalue weighted by Gasteiger charge is 2.25. The van der Waals surface area contributed by atoms with Crippen LogP contribution in [0.2, 0.25) is 0 Å². The first kappa shape index (κ1) is 17.8. The zero-order chi connectivity index (χ0) is 17.0. The summed E-state index contributed by atoms with van der Waals surface area (Å²) in [5, 5.41) is 3.46. The van der Waals surface area contributed by atoms with Gasteiger partial charge in [-0.3, -0.25) is 0 Å². The molecule has 1 saturated carbocycles. The predicted molar refractivity (Wildman–Crippen MR) is 90.2 cm³/mol. The molecule has 1 unspecified atom stereocenters. The summed E-state index contributed by atoms with van der Waals surface area (Å²) in [4.78, 5) is 17.8. The molecule has 1 aromatic rings. The number of carbonyl (C=O) groups excluding carboxylic acids is 1. The summed E-state index contributed by atoms with van der Waals surface area (Å²) in [5.74, 6) is 0.352. The van der Waals surface area contributed by atoms with Gasteiger partial charge >= 0.3 is 6.09 Å². The third kappa shape index (κ3) is 5.86. The zero-order valence-electron chi connectivity index (χ0n) is 15.0. The number of nitrogens with zero attached hydrogens (tertiary/aromatic N) is 3. The molecule has 1 fully saturated rings. The Bertz CT molecular complexity index is 517. The maximum atomic E-state index is 12.0. The van der Waals surface area contributed by atoms with E-state index in [9.17, 15) is 4.79 Å². The zero-order valence-corrected chi connectivity index (χ0v) is 15.0. The lowest BCUT2D eigenvalue weighted by Crippen LogP contribution is -2.38. The van der Waals surface area contributed by atoms with Crippen molar-refractivity contribution in [3.63, 3.8) is 0 Å². The monoisotopic (exact) mass is 322 g/mol. The molecule has 1 aliphatic carbocycles. The molecule has 6 nitrogen and oxygen atoms in total. The summed E-state index contributed by atoms with van der Waals surface area (Å²) in [5.41, 5.74) is 0.786. The summed E-state index contributed by atoms with van der Waals surface area (Å²) in [7, 11) is 1.78. The van der Waals surface area contributed by atoms with E-state index >= 15 is 0 Å². The summed E-state index contributed by atoms with van der Waals surface area (Å²) in [6.07, 6.45) is 6.12. The molecule has 1 N–H and O–H groups in total. The van der Waals surface area contributed by atoms with Crippen molar-refractivity contribution in [3.05, 3.63) is 18.2 Å². The van der Waals surface area contributed by atoms with Crippen LogP contribution in [0.1, 0.15) is 52.3 Å². The number of carbonyl (C=O) groups is 1. The van der Waals surface area contributed by atoms with E-state index in [0.29, 0.717) is 18.5 Å². The van der Waals surface area contributed by atoms with Gasteiger partial charge in [-0.05, 0) is 46.1 Å². The van der Waals surface area contributed by atoms with E-state index in [4.69, 9.17) is 4.74 Å². The smallest absolute Gasteiger partial charge is 0.410 e. The Labute approximate surface area is 139 Å². The van der Waals surface area contributed by atoms with Crippen molar-refractivity contribution in [2.24, 2.45) is 5.92 Å². The lowest BCUT2D eigenvalue weighted by Gasteiger charge is -2.26. The minimum atomic E-state index is -0.450. The molecule has 0 aliphatic heterocycles. The van der Waals surface area contributed by atoms with Crippen LogP contribution in [-0.2, 0) is 11.3 Å². The van der Waals surface area contributed by atoms with Crippen LogP contribution >= 0.6 is 0 Å². The number of imidazole rings is 1. The standard InChI is InChI=1S/C17H30N4O2/c1-13(11-20(5)16(22)23-17(2,3)4)8-18-9-15-10-19-12-21(15)14-6-7-14/h10,12-14,18H,6-9,11H2,1-5H3. The Morgan fingerprint density at radius 1 is 1.52 bits per heavy atom. The fourth-order valence-electron chi connectivity index (χ4n) is 2.54. The topological polar surface area (TPSA) is 59.4 Å². The molecule has 1 heterocycles. The second-order valence-electron chi connectivity index (χ2n) is 7.62. The van der Waals surface area contributed by atoms with Gasteiger partial charge in [-0.2, -0.15) is 0 Å². The Hall–Kier alpha value is -1.56. The van der Waals surface area contributed by atoms with Crippen LogP contribution in [0.3, 0.4) is 0 Å². The Morgan fingerprint density at radius 2 is 2.22 bits per heavy atom. The van der Waals surface area contributed by atoms with Gasteiger partial charge in [0.25, 0.3) is 0 Å². The fourth-order valence-corrected chi connectivity index (χ4v) is 2.54. The largest absolute Gasteiger partial charge is 0.444 e. The number of aromatic nitrogens is 2. The first-order valence-corrected chi connectivity index (χ1v) is 8.42. The number of hydrogen-bond donors (Lipinski definition) is 1. The van der Waals surface area contributed by atoms with Crippen molar-refractivity contribution in [2.75, 3.05) is 20.1 Å². The predicted octanol–water partition coefficient (Wildman–Crippen LogP) is 2.81. The minimum Gasteiger partial charge on any atom is -0.444 e. The number of nitrogens with one attached hydrogen (secondary N) is 1. The average Bonchev–Trinajstić information content (AvgIpc) is 3.16. The number of amides is 1. The van der Waals surface area contributed by atoms with Crippen molar-refractivity contribution < 1.29 is 9.53 Å². The van der Waals surface area contributed by atoms with Crippen LogP contribution < -0.4 is 5.32 Å². The minimum absolute atomic E-state index is 0.267. The normalized spacial score (nSPS) is 16.2. The highest BCUT2D eigenvalue weighted by atomic mass is 16.6. The maximum absolute atomic E-state index is 12.0. The molecule has 1 amide bonds. The van der Waals surface area contributed by atoms with Gasteiger partial charge in [-0.1, -0.05) is 6.92 Å². The molecule has 0 spiro atoms. The molecule has 0 radical (unpaired) electrons. The van der Waals surface area contributed by atoms with E-state index in [0.717, 1.165) is 13.1 Å². The van der Waals surface area contributed by atoms with Gasteiger partial charge in [0.15, 0.2) is 0 Å². The van der Waals surface area contributed by atoms with Crippen LogP contribution in [0.4, 0.5) is 4.79 Å². The Balaban J connectivity index is 1.69. The molecule has 1 atom stereocenters. The third-order valence-electron chi connectivity index (χ3n) is 3.78. The summed E-state index contributed by atoms with van der Waals surface area (Å²) >= 11 is 0. The van der Waals surface area contributed by atoms with Gasteiger partial charge in [0.2, 0.25) is 0 Å². The Kier molecular flexibility index (Phi) is 5.68. The first-order chi connectivity index (χ1) is 10.8. The maximum Gasteiger partial charge on any atom is 0.410 e. The quantitative estimate of drug-likeness (QED) is 0.838. The summed E-state index contributed by atoms with van der Waals surface area (Å²) in [6, 6.07) is 0.657. The molecule has 2 rings (SSSR count). The number of ether oxygens (including phenoxy) is 1. The molecule has 0 aromatic carbocycles. The van der Waals surface area contributed by atoms with Crippen molar-refractivity contribution in [3.8, 4) is 0 Å². The van der Waals surface area contributed by atoms with E-state index < -0.39 is 5.60 Å². The van der Waals surface area contributed by atoms with Crippen LogP contribution in [0, 0.1) is 5.92 Å². The molecule has 6 heteroatoms. The van der Waals surface area contributed by atoms with Crippen LogP contribution in [0.5, 0.6) is 0 Å². The Morgan fingerprint density at radius 3 is 2.83 bits per heavy atom. The average molecular weight is 322 g/mol. The molecule has 1 aromatic heterocycles. The van der Waals surface area contributed by atoms with Crippen LogP contribution in [0.25, 0.3) is 0 Å². The summed E-state index contributed by atoms with van der Waals surface area (Å²) in [6.45, 7) is 10.1. The second kappa shape index (κ2) is 7.34. The molecular formula is C17H30N4O2. The van der Waals surface area contributed by atoms with Gasteiger partial charge in [-0.15, -0.1) is 0 Å². The van der Waals surface area contributed by atoms with Crippen molar-refractivity contribution in [1.29, 1.82) is 0 Å². The lowest BCUT2D eigenvalue weighted by molar-refractivity contribution is 0.0277. The van der Waals surface area contributed by atoms with E-state index in [1.165, 1.54) is 18.5 Å².